The third-order valence-electron chi connectivity index (χ3n) is 2.93. The molecule has 0 bridgehead atoms. The van der Waals surface area contributed by atoms with Gasteiger partial charge in [0.05, 0.1) is 0 Å². The number of carbonyl (C=O) groups is 1. The van der Waals surface area contributed by atoms with Crippen LogP contribution in [0.1, 0.15) is 39.2 Å². The Balaban J connectivity index is 2.44. The number of ether oxygens (including phenoxy) is 2. The fourth-order valence-corrected chi connectivity index (χ4v) is 2.32. The molecule has 0 N–H and O–H groups in total. The van der Waals surface area contributed by atoms with Crippen LogP contribution in [0.5, 0.6) is 0 Å². The zero-order valence-corrected chi connectivity index (χ0v) is 10.5. The summed E-state index contributed by atoms with van der Waals surface area (Å²) in [6.45, 7) is 5.57. The van der Waals surface area contributed by atoms with E-state index in [0.29, 0.717) is 6.42 Å². The van der Waals surface area contributed by atoms with Crippen LogP contribution in [0.25, 0.3) is 0 Å². The summed E-state index contributed by atoms with van der Waals surface area (Å²) in [6, 6.07) is 9.58. The molecule has 1 atom stereocenters. The molecule has 1 unspecified atom stereocenters. The molecular formula is C14H18O3. The van der Waals surface area contributed by atoms with Crippen LogP contribution in [0.3, 0.4) is 0 Å². The molecule has 0 spiro atoms. The molecule has 0 aliphatic carbocycles. The SMILES string of the molecule is CCCC1(c2ccccc2)OC(C)(C)OC1=O. The van der Waals surface area contributed by atoms with Gasteiger partial charge in [0.25, 0.3) is 0 Å². The van der Waals surface area contributed by atoms with Crippen LogP contribution in [0.15, 0.2) is 30.3 Å². The van der Waals surface area contributed by atoms with Crippen LogP contribution < -0.4 is 0 Å². The summed E-state index contributed by atoms with van der Waals surface area (Å²) < 4.78 is 11.2. The number of hydrogen-bond donors (Lipinski definition) is 0. The fourth-order valence-electron chi connectivity index (χ4n) is 2.32. The van der Waals surface area contributed by atoms with E-state index in [1.165, 1.54) is 0 Å². The molecule has 0 saturated carbocycles. The molecule has 1 aliphatic rings. The Morgan fingerprint density at radius 3 is 2.29 bits per heavy atom. The first-order valence-electron chi connectivity index (χ1n) is 5.99. The van der Waals surface area contributed by atoms with E-state index >= 15 is 0 Å². The smallest absolute Gasteiger partial charge is 0.345 e. The third-order valence-corrected chi connectivity index (χ3v) is 2.93. The van der Waals surface area contributed by atoms with E-state index < -0.39 is 11.4 Å². The van der Waals surface area contributed by atoms with E-state index in [1.807, 2.05) is 37.3 Å². The van der Waals surface area contributed by atoms with Crippen molar-refractivity contribution in [1.29, 1.82) is 0 Å². The van der Waals surface area contributed by atoms with Crippen molar-refractivity contribution >= 4 is 5.97 Å². The molecule has 0 radical (unpaired) electrons. The highest BCUT2D eigenvalue weighted by Gasteiger charge is 2.54. The van der Waals surface area contributed by atoms with Gasteiger partial charge in [-0.25, -0.2) is 4.79 Å². The van der Waals surface area contributed by atoms with Gasteiger partial charge >= 0.3 is 5.97 Å². The third kappa shape index (κ3) is 2.07. The zero-order chi connectivity index (χ0) is 12.5. The number of esters is 1. The van der Waals surface area contributed by atoms with Gasteiger partial charge in [0.1, 0.15) is 0 Å². The lowest BCUT2D eigenvalue weighted by molar-refractivity contribution is -0.168. The highest BCUT2D eigenvalue weighted by Crippen LogP contribution is 2.42. The topological polar surface area (TPSA) is 35.5 Å². The van der Waals surface area contributed by atoms with Gasteiger partial charge in [-0.3, -0.25) is 0 Å². The van der Waals surface area contributed by atoms with Gasteiger partial charge in [0.2, 0.25) is 5.79 Å². The van der Waals surface area contributed by atoms with Crippen LogP contribution in [0.2, 0.25) is 0 Å². The van der Waals surface area contributed by atoms with E-state index in [0.717, 1.165) is 12.0 Å². The number of benzene rings is 1. The zero-order valence-electron chi connectivity index (χ0n) is 10.5. The Bertz CT molecular complexity index is 411. The van der Waals surface area contributed by atoms with Gasteiger partial charge in [0.15, 0.2) is 5.60 Å². The minimum atomic E-state index is -0.931. The molecule has 1 heterocycles. The molecule has 1 aromatic rings. The molecule has 1 saturated heterocycles. The molecule has 0 amide bonds. The molecule has 0 aromatic heterocycles. The van der Waals surface area contributed by atoms with Crippen molar-refractivity contribution in [3.05, 3.63) is 35.9 Å². The first-order valence-corrected chi connectivity index (χ1v) is 5.99. The maximum absolute atomic E-state index is 12.2. The van der Waals surface area contributed by atoms with E-state index in [4.69, 9.17) is 9.47 Å². The second kappa shape index (κ2) is 4.15. The fraction of sp³-hybridized carbons (Fsp3) is 0.500. The van der Waals surface area contributed by atoms with E-state index in [9.17, 15) is 4.79 Å². The monoisotopic (exact) mass is 234 g/mol. The second-order valence-corrected chi connectivity index (χ2v) is 4.83. The Morgan fingerprint density at radius 2 is 1.82 bits per heavy atom. The summed E-state index contributed by atoms with van der Waals surface area (Å²) in [5, 5.41) is 0. The predicted molar refractivity (Wildman–Crippen MR) is 64.3 cm³/mol. The summed E-state index contributed by atoms with van der Waals surface area (Å²) in [4.78, 5) is 12.2. The standard InChI is InChI=1S/C14H18O3/c1-4-10-14(11-8-6-5-7-9-11)12(15)16-13(2,3)17-14/h5-9H,4,10H2,1-3H3. The van der Waals surface area contributed by atoms with E-state index in [-0.39, 0.29) is 5.97 Å². The quantitative estimate of drug-likeness (QED) is 0.754. The first-order chi connectivity index (χ1) is 8.00. The van der Waals surface area contributed by atoms with Crippen molar-refractivity contribution in [1.82, 2.24) is 0 Å². The summed E-state index contributed by atoms with van der Waals surface area (Å²) in [5.41, 5.74) is -0.0584. The van der Waals surface area contributed by atoms with E-state index in [2.05, 4.69) is 0 Å². The van der Waals surface area contributed by atoms with Crippen LogP contribution in [0, 0.1) is 0 Å². The lowest BCUT2D eigenvalue weighted by atomic mass is 9.89. The van der Waals surface area contributed by atoms with Gasteiger partial charge < -0.3 is 9.47 Å². The van der Waals surface area contributed by atoms with Gasteiger partial charge in [0, 0.05) is 13.8 Å². The van der Waals surface area contributed by atoms with Crippen molar-refractivity contribution in [3.63, 3.8) is 0 Å². The molecule has 3 nitrogen and oxygen atoms in total. The molecule has 3 heteroatoms. The van der Waals surface area contributed by atoms with Crippen molar-refractivity contribution < 1.29 is 14.3 Å². The Kier molecular flexibility index (Phi) is 2.96. The van der Waals surface area contributed by atoms with Crippen molar-refractivity contribution in [2.24, 2.45) is 0 Å². The Morgan fingerprint density at radius 1 is 1.18 bits per heavy atom. The Labute approximate surface area is 102 Å². The maximum Gasteiger partial charge on any atom is 0.345 e. The highest BCUT2D eigenvalue weighted by molar-refractivity contribution is 5.83. The van der Waals surface area contributed by atoms with Crippen LogP contribution in [0.4, 0.5) is 0 Å². The minimum absolute atomic E-state index is 0.282. The largest absolute Gasteiger partial charge is 0.431 e. The lowest BCUT2D eigenvalue weighted by Gasteiger charge is -2.26. The van der Waals surface area contributed by atoms with Crippen molar-refractivity contribution in [3.8, 4) is 0 Å². The van der Waals surface area contributed by atoms with Gasteiger partial charge in [-0.05, 0) is 12.0 Å². The molecule has 1 aromatic carbocycles. The molecular weight excluding hydrogens is 216 g/mol. The first kappa shape index (κ1) is 12.1. The minimum Gasteiger partial charge on any atom is -0.431 e. The molecule has 17 heavy (non-hydrogen) atoms. The molecule has 92 valence electrons. The summed E-state index contributed by atoms with van der Waals surface area (Å²) in [6.07, 6.45) is 1.50. The summed E-state index contributed by atoms with van der Waals surface area (Å²) in [5.74, 6) is -1.13. The van der Waals surface area contributed by atoms with Gasteiger partial charge in [-0.15, -0.1) is 0 Å². The maximum atomic E-state index is 12.2. The highest BCUT2D eigenvalue weighted by atomic mass is 16.8. The van der Waals surface area contributed by atoms with Crippen LogP contribution in [-0.2, 0) is 19.9 Å². The number of hydrogen-bond acceptors (Lipinski definition) is 3. The van der Waals surface area contributed by atoms with E-state index in [1.54, 1.807) is 13.8 Å². The predicted octanol–water partition coefficient (Wildman–Crippen LogP) is 2.99. The molecule has 1 fully saturated rings. The molecule has 2 rings (SSSR count). The van der Waals surface area contributed by atoms with Crippen molar-refractivity contribution in [2.75, 3.05) is 0 Å². The number of rotatable bonds is 3. The lowest BCUT2D eigenvalue weighted by Crippen LogP contribution is -2.34. The van der Waals surface area contributed by atoms with Crippen LogP contribution >= 0.6 is 0 Å². The molecule has 1 aliphatic heterocycles. The summed E-state index contributed by atoms with van der Waals surface area (Å²) >= 11 is 0. The second-order valence-electron chi connectivity index (χ2n) is 4.83. The average Bonchev–Trinajstić information content (AvgIpc) is 2.51. The average molecular weight is 234 g/mol. The number of cyclic esters (lactones) is 1. The van der Waals surface area contributed by atoms with Crippen molar-refractivity contribution in [2.45, 2.75) is 45.0 Å². The van der Waals surface area contributed by atoms with Gasteiger partial charge in [-0.1, -0.05) is 43.7 Å². The van der Waals surface area contributed by atoms with Crippen LogP contribution in [-0.4, -0.2) is 11.8 Å². The summed E-state index contributed by atoms with van der Waals surface area (Å²) in [7, 11) is 0. The Hall–Kier alpha value is -1.35. The normalized spacial score (nSPS) is 26.9. The van der Waals surface area contributed by atoms with Gasteiger partial charge in [-0.2, -0.15) is 0 Å². The number of carbonyl (C=O) groups excluding carboxylic acids is 1.